The zero-order valence-corrected chi connectivity index (χ0v) is 17.4. The number of benzene rings is 1. The van der Waals surface area contributed by atoms with Crippen LogP contribution in [-0.4, -0.2) is 48.8 Å². The summed E-state index contributed by atoms with van der Waals surface area (Å²) in [5, 5.41) is 7.67. The Kier molecular flexibility index (Phi) is 5.13. The van der Waals surface area contributed by atoms with Gasteiger partial charge in [0.15, 0.2) is 5.96 Å². The first-order chi connectivity index (χ1) is 15.2. The third-order valence-electron chi connectivity index (χ3n) is 5.58. The number of rotatable bonds is 4. The summed E-state index contributed by atoms with van der Waals surface area (Å²) in [4.78, 5) is 16.2. The first kappa shape index (κ1) is 19.3. The van der Waals surface area contributed by atoms with Gasteiger partial charge in [-0.1, -0.05) is 18.2 Å². The molecule has 8 heteroatoms. The molecule has 2 aliphatic heterocycles. The third-order valence-corrected chi connectivity index (χ3v) is 5.58. The van der Waals surface area contributed by atoms with Gasteiger partial charge in [0.1, 0.15) is 5.82 Å². The Hall–Kier alpha value is -3.65. The van der Waals surface area contributed by atoms with E-state index in [-0.39, 0.29) is 0 Å². The van der Waals surface area contributed by atoms with Crippen molar-refractivity contribution in [3.63, 3.8) is 0 Å². The summed E-state index contributed by atoms with van der Waals surface area (Å²) in [6, 6.07) is 12.3. The van der Waals surface area contributed by atoms with Crippen LogP contribution in [0.1, 0.15) is 11.3 Å². The fraction of sp³-hybridized carbons (Fsp3) is 0.261. The fourth-order valence-corrected chi connectivity index (χ4v) is 3.85. The van der Waals surface area contributed by atoms with Gasteiger partial charge in [-0.25, -0.2) is 9.98 Å². The van der Waals surface area contributed by atoms with E-state index in [1.807, 2.05) is 30.6 Å². The van der Waals surface area contributed by atoms with E-state index in [4.69, 9.17) is 15.5 Å². The Labute approximate surface area is 180 Å². The number of morpholine rings is 1. The molecule has 0 radical (unpaired) electrons. The minimum atomic E-state index is 0.423. The lowest BCUT2D eigenvalue weighted by Crippen LogP contribution is -2.37. The van der Waals surface area contributed by atoms with Gasteiger partial charge in [-0.15, -0.1) is 0 Å². The molecule has 3 aromatic rings. The number of anilines is 3. The number of hydrogen-bond donors (Lipinski definition) is 3. The molecule has 0 atom stereocenters. The van der Waals surface area contributed by atoms with Crippen LogP contribution in [-0.2, 0) is 4.74 Å². The van der Waals surface area contributed by atoms with Gasteiger partial charge in [0.2, 0.25) is 0 Å². The molecule has 0 unspecified atom stereocenters. The minimum absolute atomic E-state index is 0.423. The predicted molar refractivity (Wildman–Crippen MR) is 125 cm³/mol. The van der Waals surface area contributed by atoms with Gasteiger partial charge >= 0.3 is 0 Å². The first-order valence-electron chi connectivity index (χ1n) is 10.4. The fourth-order valence-electron chi connectivity index (χ4n) is 3.85. The van der Waals surface area contributed by atoms with E-state index in [0.29, 0.717) is 25.7 Å². The van der Waals surface area contributed by atoms with Gasteiger partial charge in [0, 0.05) is 42.0 Å². The topological polar surface area (TPSA) is 101 Å². The average Bonchev–Trinajstić information content (AvgIpc) is 2.81. The Bertz CT molecular complexity index is 1180. The maximum atomic E-state index is 5.77. The average molecular weight is 416 g/mol. The van der Waals surface area contributed by atoms with Crippen LogP contribution in [0.4, 0.5) is 17.2 Å². The zero-order valence-electron chi connectivity index (χ0n) is 17.4. The van der Waals surface area contributed by atoms with E-state index in [9.17, 15) is 0 Å². The van der Waals surface area contributed by atoms with Crippen LogP contribution in [0.5, 0.6) is 0 Å². The van der Waals surface area contributed by atoms with Crippen molar-refractivity contribution in [3.05, 3.63) is 60.1 Å². The lowest BCUT2D eigenvalue weighted by atomic mass is 10.0. The van der Waals surface area contributed by atoms with E-state index in [1.54, 1.807) is 0 Å². The zero-order chi connectivity index (χ0) is 21.2. The number of ether oxygens (including phenoxy) is 1. The number of nitrogens with zero attached hydrogens (tertiary/aromatic N) is 4. The molecule has 2 aromatic heterocycles. The van der Waals surface area contributed by atoms with E-state index in [1.165, 1.54) is 0 Å². The molecule has 8 nitrogen and oxygen atoms in total. The molecule has 4 heterocycles. The first-order valence-corrected chi connectivity index (χ1v) is 10.4. The van der Waals surface area contributed by atoms with Crippen molar-refractivity contribution < 1.29 is 4.74 Å². The van der Waals surface area contributed by atoms with Crippen LogP contribution in [0.3, 0.4) is 0 Å². The van der Waals surface area contributed by atoms with Crippen molar-refractivity contribution in [3.8, 4) is 0 Å². The van der Waals surface area contributed by atoms with Crippen molar-refractivity contribution >= 4 is 39.6 Å². The number of fused-ring (bicyclic) bond motifs is 1. The van der Waals surface area contributed by atoms with E-state index in [2.05, 4.69) is 50.6 Å². The molecule has 0 amide bonds. The van der Waals surface area contributed by atoms with Gasteiger partial charge in [-0.05, 0) is 24.6 Å². The predicted octanol–water partition coefficient (Wildman–Crippen LogP) is 2.78. The summed E-state index contributed by atoms with van der Waals surface area (Å²) in [6.07, 6.45) is 3.75. The second-order valence-corrected chi connectivity index (χ2v) is 7.66. The van der Waals surface area contributed by atoms with E-state index < -0.39 is 0 Å². The van der Waals surface area contributed by atoms with Crippen molar-refractivity contribution in [1.29, 1.82) is 0 Å². The monoisotopic (exact) mass is 415 g/mol. The van der Waals surface area contributed by atoms with Gasteiger partial charge in [0.25, 0.3) is 0 Å². The highest BCUT2D eigenvalue weighted by Gasteiger charge is 2.19. The molecule has 2 aliphatic rings. The third kappa shape index (κ3) is 4.02. The van der Waals surface area contributed by atoms with Crippen LogP contribution in [0.25, 0.3) is 16.5 Å². The summed E-state index contributed by atoms with van der Waals surface area (Å²) in [5.41, 5.74) is 11.6. The Balaban J connectivity index is 1.54. The lowest BCUT2D eigenvalue weighted by molar-refractivity contribution is 0.122. The molecule has 1 aromatic carbocycles. The van der Waals surface area contributed by atoms with Gasteiger partial charge in [-0.3, -0.25) is 4.98 Å². The molecule has 4 N–H and O–H groups in total. The number of pyridine rings is 2. The Morgan fingerprint density at radius 1 is 1.16 bits per heavy atom. The van der Waals surface area contributed by atoms with Crippen LogP contribution >= 0.6 is 0 Å². The number of nitrogens with one attached hydrogen (secondary N) is 2. The van der Waals surface area contributed by atoms with Gasteiger partial charge < -0.3 is 26.0 Å². The molecule has 5 rings (SSSR count). The van der Waals surface area contributed by atoms with Crippen molar-refractivity contribution in [1.82, 2.24) is 15.3 Å². The molecule has 0 spiro atoms. The van der Waals surface area contributed by atoms with Crippen molar-refractivity contribution in [2.75, 3.05) is 43.1 Å². The molecule has 0 saturated carbocycles. The summed E-state index contributed by atoms with van der Waals surface area (Å²) < 4.78 is 5.52. The number of aliphatic imine (C=N–C) groups is 1. The molecule has 0 bridgehead atoms. The second-order valence-electron chi connectivity index (χ2n) is 7.66. The maximum Gasteiger partial charge on any atom is 0.192 e. The van der Waals surface area contributed by atoms with E-state index in [0.717, 1.165) is 58.0 Å². The van der Waals surface area contributed by atoms with E-state index >= 15 is 0 Å². The van der Waals surface area contributed by atoms with Gasteiger partial charge in [0.05, 0.1) is 42.9 Å². The summed E-state index contributed by atoms with van der Waals surface area (Å²) in [7, 11) is 0. The maximum absolute atomic E-state index is 5.77. The lowest BCUT2D eigenvalue weighted by Gasteiger charge is -2.29. The quantitative estimate of drug-likeness (QED) is 0.602. The molecule has 1 fully saturated rings. The largest absolute Gasteiger partial charge is 0.378 e. The van der Waals surface area contributed by atoms with Crippen LogP contribution < -0.4 is 21.3 Å². The summed E-state index contributed by atoms with van der Waals surface area (Å²) >= 11 is 0. The Morgan fingerprint density at radius 2 is 2.00 bits per heavy atom. The number of nitrogens with two attached hydrogens (primary N) is 1. The van der Waals surface area contributed by atoms with Crippen molar-refractivity contribution in [2.24, 2.45) is 10.7 Å². The number of para-hydroxylation sites is 1. The number of hydrogen-bond acceptors (Lipinski definition) is 8. The highest BCUT2D eigenvalue weighted by atomic mass is 16.5. The van der Waals surface area contributed by atoms with Gasteiger partial charge in [-0.2, -0.15) is 0 Å². The molecule has 158 valence electrons. The van der Waals surface area contributed by atoms with Crippen molar-refractivity contribution in [2.45, 2.75) is 6.92 Å². The molecule has 31 heavy (non-hydrogen) atoms. The SMILES string of the molecule is Cc1c(Nc2cnc3ccccc3c2)cc(N2CCOCC2)nc1C1=CNC(N)=NC1. The molecule has 0 aliphatic carbocycles. The number of guanidine groups is 1. The Morgan fingerprint density at radius 3 is 2.81 bits per heavy atom. The number of aromatic nitrogens is 2. The second kappa shape index (κ2) is 8.23. The summed E-state index contributed by atoms with van der Waals surface area (Å²) in [6.45, 7) is 5.60. The van der Waals surface area contributed by atoms with Crippen LogP contribution in [0.2, 0.25) is 0 Å². The molecule has 1 saturated heterocycles. The molecular formula is C23H25N7O. The highest BCUT2D eigenvalue weighted by Crippen LogP contribution is 2.31. The smallest absolute Gasteiger partial charge is 0.192 e. The van der Waals surface area contributed by atoms with Crippen LogP contribution in [0.15, 0.2) is 53.8 Å². The standard InChI is InChI=1S/C23H25N7O/c1-15-20(28-18-10-16-4-2-3-5-19(16)25-14-18)11-21(30-6-8-31-9-7-30)29-22(15)17-12-26-23(24)27-13-17/h2-5,10-12,14H,6-9,13H2,1H3,(H,28,29)(H3,24,26,27). The highest BCUT2D eigenvalue weighted by molar-refractivity contribution is 5.87. The summed E-state index contributed by atoms with van der Waals surface area (Å²) in [5.74, 6) is 1.34. The normalized spacial score (nSPS) is 16.5. The molecular weight excluding hydrogens is 390 g/mol. The minimum Gasteiger partial charge on any atom is -0.378 e. The van der Waals surface area contributed by atoms with Crippen LogP contribution in [0, 0.1) is 6.92 Å².